The number of ether oxygens (including phenoxy) is 1. The molecule has 5 nitrogen and oxygen atoms in total. The Morgan fingerprint density at radius 3 is 2.45 bits per heavy atom. The van der Waals surface area contributed by atoms with Gasteiger partial charge in [-0.15, -0.1) is 0 Å². The third-order valence-corrected chi connectivity index (χ3v) is 4.04. The first kappa shape index (κ1) is 16.3. The zero-order chi connectivity index (χ0) is 15.9. The Kier molecular flexibility index (Phi) is 5.81. The van der Waals surface area contributed by atoms with Gasteiger partial charge in [0.15, 0.2) is 0 Å². The van der Waals surface area contributed by atoms with Crippen LogP contribution in [0.15, 0.2) is 24.3 Å². The van der Waals surface area contributed by atoms with E-state index in [1.165, 1.54) is 39.0 Å². The fraction of sp³-hybridized carbons (Fsp3) is 0.529. The first-order valence-corrected chi connectivity index (χ1v) is 7.83. The second-order valence-electron chi connectivity index (χ2n) is 5.87. The molecule has 0 radical (unpaired) electrons. The molecule has 1 aromatic rings. The van der Waals surface area contributed by atoms with Gasteiger partial charge < -0.3 is 15.2 Å². The normalized spacial score (nSPS) is 16.8. The molecule has 0 aromatic heterocycles. The van der Waals surface area contributed by atoms with Crippen molar-refractivity contribution in [2.45, 2.75) is 45.1 Å². The van der Waals surface area contributed by atoms with Crippen LogP contribution >= 0.6 is 0 Å². The number of carbonyl (C=O) groups is 2. The molecule has 1 saturated carbocycles. The third-order valence-electron chi connectivity index (χ3n) is 4.04. The average Bonchev–Trinajstić information content (AvgIpc) is 2.54. The first-order chi connectivity index (χ1) is 10.6. The highest BCUT2D eigenvalue weighted by molar-refractivity contribution is 5.96. The summed E-state index contributed by atoms with van der Waals surface area (Å²) in [6.07, 6.45) is 6.36. The van der Waals surface area contributed by atoms with Gasteiger partial charge in [-0.2, -0.15) is 0 Å². The van der Waals surface area contributed by atoms with Gasteiger partial charge in [0.2, 0.25) is 0 Å². The molecule has 0 aliphatic heterocycles. The maximum absolute atomic E-state index is 11.9. The van der Waals surface area contributed by atoms with E-state index in [-0.39, 0.29) is 0 Å². The highest BCUT2D eigenvalue weighted by Gasteiger charge is 2.16. The van der Waals surface area contributed by atoms with Crippen molar-refractivity contribution in [1.82, 2.24) is 5.32 Å². The van der Waals surface area contributed by atoms with Crippen molar-refractivity contribution >= 4 is 11.9 Å². The highest BCUT2D eigenvalue weighted by Crippen LogP contribution is 2.24. The highest BCUT2D eigenvalue weighted by atomic mass is 16.5. The van der Waals surface area contributed by atoms with Gasteiger partial charge >= 0.3 is 5.97 Å². The van der Waals surface area contributed by atoms with Gasteiger partial charge in [0.05, 0.1) is 6.61 Å². The molecule has 0 saturated heterocycles. The summed E-state index contributed by atoms with van der Waals surface area (Å²) in [6, 6.07) is 5.90. The number of rotatable bonds is 6. The SMILES string of the molecule is CC(NC(=O)c1ccc(OCC2CCCCC2)cc1)C(=O)O. The summed E-state index contributed by atoms with van der Waals surface area (Å²) in [5.74, 6) is -0.0731. The van der Waals surface area contributed by atoms with Crippen LogP contribution in [0.25, 0.3) is 0 Å². The summed E-state index contributed by atoms with van der Waals surface area (Å²) in [7, 11) is 0. The number of carboxylic acid groups (broad SMARTS) is 1. The Hall–Kier alpha value is -2.04. The standard InChI is InChI=1S/C17H23NO4/c1-12(17(20)21)18-16(19)14-7-9-15(10-8-14)22-11-13-5-3-2-4-6-13/h7-10,12-13H,2-6,11H2,1H3,(H,18,19)(H,20,21). The fourth-order valence-electron chi connectivity index (χ4n) is 2.61. The maximum atomic E-state index is 11.9. The van der Waals surface area contributed by atoms with Gasteiger partial charge in [-0.1, -0.05) is 19.3 Å². The van der Waals surface area contributed by atoms with Crippen molar-refractivity contribution in [3.05, 3.63) is 29.8 Å². The number of carboxylic acids is 1. The topological polar surface area (TPSA) is 75.6 Å². The van der Waals surface area contributed by atoms with Crippen molar-refractivity contribution < 1.29 is 19.4 Å². The predicted molar refractivity (Wildman–Crippen MR) is 83.1 cm³/mol. The molecule has 1 aliphatic carbocycles. The molecule has 1 atom stereocenters. The quantitative estimate of drug-likeness (QED) is 0.847. The molecule has 1 aliphatic rings. The summed E-state index contributed by atoms with van der Waals surface area (Å²) >= 11 is 0. The summed E-state index contributed by atoms with van der Waals surface area (Å²) in [6.45, 7) is 2.16. The van der Waals surface area contributed by atoms with Crippen molar-refractivity contribution in [2.75, 3.05) is 6.61 Å². The van der Waals surface area contributed by atoms with Crippen molar-refractivity contribution in [3.8, 4) is 5.75 Å². The van der Waals surface area contributed by atoms with E-state index in [1.54, 1.807) is 24.3 Å². The zero-order valence-electron chi connectivity index (χ0n) is 12.9. The van der Waals surface area contributed by atoms with Gasteiger partial charge in [0, 0.05) is 5.56 Å². The lowest BCUT2D eigenvalue weighted by molar-refractivity contribution is -0.138. The summed E-state index contributed by atoms with van der Waals surface area (Å²) in [5, 5.41) is 11.2. The van der Waals surface area contributed by atoms with Crippen LogP contribution in [0.5, 0.6) is 5.75 Å². The number of amides is 1. The lowest BCUT2D eigenvalue weighted by Crippen LogP contribution is -2.38. The van der Waals surface area contributed by atoms with Crippen LogP contribution in [0.3, 0.4) is 0 Å². The maximum Gasteiger partial charge on any atom is 0.325 e. The lowest BCUT2D eigenvalue weighted by Gasteiger charge is -2.21. The number of aliphatic carboxylic acids is 1. The Labute approximate surface area is 130 Å². The van der Waals surface area contributed by atoms with Gasteiger partial charge in [-0.3, -0.25) is 9.59 Å². The third kappa shape index (κ3) is 4.76. The van der Waals surface area contributed by atoms with Crippen LogP contribution in [0.2, 0.25) is 0 Å². The van der Waals surface area contributed by atoms with Gasteiger partial charge in [-0.05, 0) is 49.9 Å². The molecule has 1 amide bonds. The summed E-state index contributed by atoms with van der Waals surface area (Å²) in [4.78, 5) is 22.6. The second-order valence-corrected chi connectivity index (χ2v) is 5.87. The molecule has 0 spiro atoms. The number of hydrogen-bond donors (Lipinski definition) is 2. The zero-order valence-corrected chi connectivity index (χ0v) is 12.9. The smallest absolute Gasteiger partial charge is 0.325 e. The van der Waals surface area contributed by atoms with Crippen LogP contribution in [0.1, 0.15) is 49.4 Å². The Balaban J connectivity index is 1.84. The van der Waals surface area contributed by atoms with Crippen molar-refractivity contribution in [3.63, 3.8) is 0 Å². The van der Waals surface area contributed by atoms with E-state index in [1.807, 2.05) is 0 Å². The van der Waals surface area contributed by atoms with Crippen LogP contribution in [-0.2, 0) is 4.79 Å². The van der Waals surface area contributed by atoms with Gasteiger partial charge in [0.1, 0.15) is 11.8 Å². The molecular formula is C17H23NO4. The monoisotopic (exact) mass is 305 g/mol. The van der Waals surface area contributed by atoms with Gasteiger partial charge in [-0.25, -0.2) is 0 Å². The molecule has 2 rings (SSSR count). The molecule has 2 N–H and O–H groups in total. The Morgan fingerprint density at radius 2 is 1.86 bits per heavy atom. The minimum absolute atomic E-state index is 0.395. The molecule has 0 bridgehead atoms. The molecule has 1 aromatic carbocycles. The molecule has 1 fully saturated rings. The van der Waals surface area contributed by atoms with E-state index < -0.39 is 17.9 Å². The molecule has 1 unspecified atom stereocenters. The van der Waals surface area contributed by atoms with Crippen LogP contribution in [-0.4, -0.2) is 29.6 Å². The van der Waals surface area contributed by atoms with Gasteiger partial charge in [0.25, 0.3) is 5.91 Å². The number of carbonyl (C=O) groups excluding carboxylic acids is 1. The largest absolute Gasteiger partial charge is 0.493 e. The van der Waals surface area contributed by atoms with E-state index in [9.17, 15) is 9.59 Å². The Bertz CT molecular complexity index is 506. The lowest BCUT2D eigenvalue weighted by atomic mass is 9.90. The van der Waals surface area contributed by atoms with Crippen molar-refractivity contribution in [1.29, 1.82) is 0 Å². The fourth-order valence-corrected chi connectivity index (χ4v) is 2.61. The second kappa shape index (κ2) is 7.82. The number of nitrogens with one attached hydrogen (secondary N) is 1. The Morgan fingerprint density at radius 1 is 1.23 bits per heavy atom. The minimum Gasteiger partial charge on any atom is -0.493 e. The van der Waals surface area contributed by atoms with E-state index in [0.29, 0.717) is 11.5 Å². The van der Waals surface area contributed by atoms with E-state index in [0.717, 1.165) is 12.4 Å². The summed E-state index contributed by atoms with van der Waals surface area (Å²) in [5.41, 5.74) is 0.429. The van der Waals surface area contributed by atoms with E-state index in [2.05, 4.69) is 5.32 Å². The number of hydrogen-bond acceptors (Lipinski definition) is 3. The summed E-state index contributed by atoms with van der Waals surface area (Å²) < 4.78 is 5.77. The molecule has 0 heterocycles. The first-order valence-electron chi connectivity index (χ1n) is 7.83. The predicted octanol–water partition coefficient (Wildman–Crippen LogP) is 2.85. The van der Waals surface area contributed by atoms with Crippen LogP contribution in [0, 0.1) is 5.92 Å². The molecule has 5 heteroatoms. The van der Waals surface area contributed by atoms with E-state index in [4.69, 9.17) is 9.84 Å². The molecule has 120 valence electrons. The average molecular weight is 305 g/mol. The van der Waals surface area contributed by atoms with Crippen LogP contribution in [0.4, 0.5) is 0 Å². The van der Waals surface area contributed by atoms with Crippen LogP contribution < -0.4 is 10.1 Å². The van der Waals surface area contributed by atoms with Crippen molar-refractivity contribution in [2.24, 2.45) is 5.92 Å². The minimum atomic E-state index is -1.05. The van der Waals surface area contributed by atoms with E-state index >= 15 is 0 Å². The molecule has 22 heavy (non-hydrogen) atoms. The molecular weight excluding hydrogens is 282 g/mol. The number of benzene rings is 1.